The van der Waals surface area contributed by atoms with E-state index in [0.29, 0.717) is 0 Å². The Morgan fingerprint density at radius 1 is 0.900 bits per heavy atom. The zero-order valence-electron chi connectivity index (χ0n) is 12.1. The van der Waals surface area contributed by atoms with Crippen LogP contribution in [0.25, 0.3) is 0 Å². The topological polar surface area (TPSA) is 32.3 Å². The highest BCUT2D eigenvalue weighted by molar-refractivity contribution is 5.61. The Hall–Kier alpha value is -1.96. The zero-order chi connectivity index (χ0) is 14.2. The number of phenolic OH excluding ortho intramolecular Hbond substituents is 1. The summed E-state index contributed by atoms with van der Waals surface area (Å²) in [6.45, 7) is 2.24. The van der Waals surface area contributed by atoms with Gasteiger partial charge in [-0.2, -0.15) is 0 Å². The van der Waals surface area contributed by atoms with Crippen molar-refractivity contribution >= 4 is 11.4 Å². The highest BCUT2D eigenvalue weighted by atomic mass is 16.3. The van der Waals surface area contributed by atoms with Gasteiger partial charge in [0.25, 0.3) is 0 Å². The first-order valence-corrected chi connectivity index (χ1v) is 7.43. The van der Waals surface area contributed by atoms with Crippen LogP contribution in [0.1, 0.15) is 38.2 Å². The molecule has 2 heteroatoms. The number of benzene rings is 2. The zero-order valence-corrected chi connectivity index (χ0v) is 12.1. The van der Waals surface area contributed by atoms with Crippen LogP contribution in [0.5, 0.6) is 5.75 Å². The molecular formula is C18H23NO. The molecule has 0 saturated heterocycles. The van der Waals surface area contributed by atoms with Crippen molar-refractivity contribution < 1.29 is 5.11 Å². The van der Waals surface area contributed by atoms with E-state index >= 15 is 0 Å². The summed E-state index contributed by atoms with van der Waals surface area (Å²) in [4.78, 5) is 0. The van der Waals surface area contributed by atoms with Gasteiger partial charge in [-0.3, -0.25) is 0 Å². The Morgan fingerprint density at radius 2 is 1.70 bits per heavy atom. The first-order chi connectivity index (χ1) is 9.78. The predicted molar refractivity (Wildman–Crippen MR) is 85.7 cm³/mol. The van der Waals surface area contributed by atoms with Crippen LogP contribution < -0.4 is 5.32 Å². The lowest BCUT2D eigenvalue weighted by atomic mass is 10.1. The molecule has 0 radical (unpaired) electrons. The Kier molecular flexibility index (Phi) is 5.48. The number of aryl methyl sites for hydroxylation is 1. The molecule has 0 aliphatic carbocycles. The summed E-state index contributed by atoms with van der Waals surface area (Å²) >= 11 is 0. The lowest BCUT2D eigenvalue weighted by molar-refractivity contribution is 0.475. The molecule has 2 nitrogen and oxygen atoms in total. The summed E-state index contributed by atoms with van der Waals surface area (Å²) < 4.78 is 0. The van der Waals surface area contributed by atoms with Gasteiger partial charge in [-0.25, -0.2) is 0 Å². The highest BCUT2D eigenvalue weighted by Gasteiger charge is 1.97. The van der Waals surface area contributed by atoms with Crippen molar-refractivity contribution in [3.63, 3.8) is 0 Å². The van der Waals surface area contributed by atoms with Gasteiger partial charge in [-0.15, -0.1) is 0 Å². The smallest absolute Gasteiger partial charge is 0.117 e. The van der Waals surface area contributed by atoms with E-state index in [2.05, 4.69) is 36.5 Å². The van der Waals surface area contributed by atoms with Gasteiger partial charge >= 0.3 is 0 Å². The molecule has 0 bridgehead atoms. The van der Waals surface area contributed by atoms with Crippen LogP contribution in [-0.4, -0.2) is 5.11 Å². The van der Waals surface area contributed by atoms with Gasteiger partial charge < -0.3 is 10.4 Å². The van der Waals surface area contributed by atoms with Crippen LogP contribution in [0.2, 0.25) is 0 Å². The highest BCUT2D eigenvalue weighted by Crippen LogP contribution is 2.21. The van der Waals surface area contributed by atoms with E-state index in [4.69, 9.17) is 0 Å². The molecule has 2 N–H and O–H groups in total. The van der Waals surface area contributed by atoms with Crippen molar-refractivity contribution in [1.29, 1.82) is 0 Å². The molecule has 0 amide bonds. The number of unbranched alkanes of at least 4 members (excludes halogenated alkanes) is 3. The first-order valence-electron chi connectivity index (χ1n) is 7.43. The number of anilines is 2. The summed E-state index contributed by atoms with van der Waals surface area (Å²) in [5.41, 5.74) is 3.34. The maximum absolute atomic E-state index is 9.44. The minimum Gasteiger partial charge on any atom is -0.508 e. The van der Waals surface area contributed by atoms with E-state index in [0.717, 1.165) is 17.8 Å². The standard InChI is InChI=1S/C18H23NO/c1-2-3-4-5-7-15-10-12-16(13-11-15)19-17-8-6-9-18(20)14-17/h6,8-14,19-20H,2-5,7H2,1H3. The molecule has 0 unspecified atom stereocenters. The minimum atomic E-state index is 0.280. The molecule has 106 valence electrons. The molecule has 2 rings (SSSR count). The molecule has 0 aromatic heterocycles. The third-order valence-corrected chi connectivity index (χ3v) is 3.41. The number of aromatic hydroxyl groups is 1. The van der Waals surface area contributed by atoms with Gasteiger partial charge in [-0.05, 0) is 42.7 Å². The van der Waals surface area contributed by atoms with E-state index in [9.17, 15) is 5.11 Å². The normalized spacial score (nSPS) is 10.4. The van der Waals surface area contributed by atoms with Crippen LogP contribution in [0.15, 0.2) is 48.5 Å². The first kappa shape index (κ1) is 14.4. The molecular weight excluding hydrogens is 246 g/mol. The molecule has 0 atom stereocenters. The van der Waals surface area contributed by atoms with Crippen molar-refractivity contribution in [2.45, 2.75) is 39.0 Å². The number of phenols is 1. The van der Waals surface area contributed by atoms with Crippen LogP contribution in [-0.2, 0) is 6.42 Å². The summed E-state index contributed by atoms with van der Waals surface area (Å²) in [6, 6.07) is 15.7. The molecule has 20 heavy (non-hydrogen) atoms. The second-order valence-corrected chi connectivity index (χ2v) is 5.18. The van der Waals surface area contributed by atoms with E-state index in [1.165, 1.54) is 31.2 Å². The molecule has 0 aliphatic heterocycles. The fraction of sp³-hybridized carbons (Fsp3) is 0.333. The summed E-state index contributed by atoms with van der Waals surface area (Å²) in [7, 11) is 0. The number of rotatable bonds is 7. The van der Waals surface area contributed by atoms with Crippen LogP contribution in [0.4, 0.5) is 11.4 Å². The second-order valence-electron chi connectivity index (χ2n) is 5.18. The van der Waals surface area contributed by atoms with Crippen molar-refractivity contribution in [3.05, 3.63) is 54.1 Å². The Balaban J connectivity index is 1.88. The average molecular weight is 269 g/mol. The Labute approximate surface area is 121 Å². The van der Waals surface area contributed by atoms with E-state index in [-0.39, 0.29) is 5.75 Å². The fourth-order valence-corrected chi connectivity index (χ4v) is 2.26. The fourth-order valence-electron chi connectivity index (χ4n) is 2.26. The monoisotopic (exact) mass is 269 g/mol. The number of hydrogen-bond acceptors (Lipinski definition) is 2. The summed E-state index contributed by atoms with van der Waals surface area (Å²) in [5.74, 6) is 0.280. The third kappa shape index (κ3) is 4.61. The van der Waals surface area contributed by atoms with Gasteiger partial charge in [-0.1, -0.05) is 44.4 Å². The molecule has 0 spiro atoms. The van der Waals surface area contributed by atoms with Crippen LogP contribution >= 0.6 is 0 Å². The lowest BCUT2D eigenvalue weighted by Gasteiger charge is -2.08. The molecule has 0 fully saturated rings. The van der Waals surface area contributed by atoms with Crippen molar-refractivity contribution in [3.8, 4) is 5.75 Å². The van der Waals surface area contributed by atoms with Crippen molar-refractivity contribution in [2.75, 3.05) is 5.32 Å². The SMILES string of the molecule is CCCCCCc1ccc(Nc2cccc(O)c2)cc1. The molecule has 2 aromatic rings. The second kappa shape index (κ2) is 7.59. The molecule has 0 heterocycles. The predicted octanol–water partition coefficient (Wildman–Crippen LogP) is 5.26. The van der Waals surface area contributed by atoms with Crippen LogP contribution in [0.3, 0.4) is 0 Å². The van der Waals surface area contributed by atoms with Gasteiger partial charge in [0, 0.05) is 17.4 Å². The average Bonchev–Trinajstić information content (AvgIpc) is 2.45. The van der Waals surface area contributed by atoms with E-state index in [1.54, 1.807) is 12.1 Å². The molecule has 0 aliphatic rings. The van der Waals surface area contributed by atoms with Crippen LogP contribution in [0, 0.1) is 0 Å². The van der Waals surface area contributed by atoms with Gasteiger partial charge in [0.15, 0.2) is 0 Å². The maximum atomic E-state index is 9.44. The summed E-state index contributed by atoms with van der Waals surface area (Å²) in [5, 5.41) is 12.7. The molecule has 0 saturated carbocycles. The quantitative estimate of drug-likeness (QED) is 0.672. The number of hydrogen-bond donors (Lipinski definition) is 2. The minimum absolute atomic E-state index is 0.280. The lowest BCUT2D eigenvalue weighted by Crippen LogP contribution is -1.91. The van der Waals surface area contributed by atoms with Gasteiger partial charge in [0.1, 0.15) is 5.75 Å². The van der Waals surface area contributed by atoms with Crippen molar-refractivity contribution in [1.82, 2.24) is 0 Å². The Morgan fingerprint density at radius 3 is 2.40 bits per heavy atom. The Bertz CT molecular complexity index is 519. The summed E-state index contributed by atoms with van der Waals surface area (Å²) in [6.07, 6.45) is 6.36. The molecule has 2 aromatic carbocycles. The van der Waals surface area contributed by atoms with E-state index in [1.807, 2.05) is 12.1 Å². The third-order valence-electron chi connectivity index (χ3n) is 3.41. The maximum Gasteiger partial charge on any atom is 0.117 e. The van der Waals surface area contributed by atoms with E-state index < -0.39 is 0 Å². The van der Waals surface area contributed by atoms with Gasteiger partial charge in [0.05, 0.1) is 0 Å². The van der Waals surface area contributed by atoms with Gasteiger partial charge in [0.2, 0.25) is 0 Å². The van der Waals surface area contributed by atoms with Crippen molar-refractivity contribution in [2.24, 2.45) is 0 Å². The number of nitrogens with one attached hydrogen (secondary N) is 1. The largest absolute Gasteiger partial charge is 0.508 e.